The van der Waals surface area contributed by atoms with Gasteiger partial charge in [0.2, 0.25) is 0 Å². The molecule has 0 aromatic heterocycles. The Hall–Kier alpha value is -3.53. The molecular weight excluding hydrogens is 410 g/mol. The number of aryl methyl sites for hydroxylation is 1. The molecule has 3 aromatic rings. The van der Waals surface area contributed by atoms with Gasteiger partial charge >= 0.3 is 12.2 Å². The first kappa shape index (κ1) is 22.2. The van der Waals surface area contributed by atoms with Gasteiger partial charge in [-0.1, -0.05) is 25.5 Å². The fourth-order valence-electron chi connectivity index (χ4n) is 2.88. The van der Waals surface area contributed by atoms with E-state index in [1.54, 1.807) is 12.1 Å². The Morgan fingerprint density at radius 3 is 1.55 bits per heavy atom. The summed E-state index contributed by atoms with van der Waals surface area (Å²) in [5.74, 6) is -0.400. The first-order valence-corrected chi connectivity index (χ1v) is 9.57. The van der Waals surface area contributed by atoms with Crippen molar-refractivity contribution in [3.8, 4) is 17.6 Å². The minimum Gasteiger partial charge on any atom is -0.429 e. The van der Waals surface area contributed by atoms with Crippen LogP contribution in [0.25, 0.3) is 0 Å². The molecule has 0 heterocycles. The monoisotopic (exact) mass is 429 g/mol. The lowest BCUT2D eigenvalue weighted by atomic mass is 10.1. The second-order valence-electron chi connectivity index (χ2n) is 6.85. The van der Waals surface area contributed by atoms with Crippen LogP contribution in [0.1, 0.15) is 35.6 Å². The molecule has 0 unspecified atom stereocenters. The average Bonchev–Trinajstić information content (AvgIpc) is 2.75. The Bertz CT molecular complexity index is 1040. The maximum atomic E-state index is 14.4. The van der Waals surface area contributed by atoms with E-state index in [2.05, 4.69) is 0 Å². The van der Waals surface area contributed by atoms with Gasteiger partial charge in [-0.15, -0.1) is 0 Å². The Morgan fingerprint density at radius 2 is 1.13 bits per heavy atom. The van der Waals surface area contributed by atoms with Gasteiger partial charge < -0.3 is 9.47 Å². The topological polar surface area (TPSA) is 42.2 Å². The minimum absolute atomic E-state index is 0.137. The van der Waals surface area contributed by atoms with Gasteiger partial charge in [-0.3, -0.25) is 0 Å². The lowest BCUT2D eigenvalue weighted by Crippen LogP contribution is -2.23. The van der Waals surface area contributed by atoms with Gasteiger partial charge in [0.1, 0.15) is 11.5 Å². The average molecular weight is 429 g/mol. The fraction of sp³-hybridized carbons (Fsp3) is 0.208. The summed E-state index contributed by atoms with van der Waals surface area (Å²) >= 11 is 0. The Balaban J connectivity index is 1.70. The summed E-state index contributed by atoms with van der Waals surface area (Å²) in [4.78, 5) is 0. The summed E-state index contributed by atoms with van der Waals surface area (Å²) in [6.45, 7) is 1.99. The molecule has 0 saturated heterocycles. The van der Waals surface area contributed by atoms with E-state index >= 15 is 0 Å². The van der Waals surface area contributed by atoms with Crippen molar-refractivity contribution in [3.63, 3.8) is 0 Å². The minimum atomic E-state index is -3.70. The van der Waals surface area contributed by atoms with Crippen LogP contribution in [0.5, 0.6) is 11.5 Å². The molecule has 0 fully saturated rings. The summed E-state index contributed by atoms with van der Waals surface area (Å²) in [6, 6.07) is 16.8. The molecule has 31 heavy (non-hydrogen) atoms. The number of benzene rings is 3. The maximum Gasteiger partial charge on any atom is 0.426 e. The molecule has 0 aliphatic carbocycles. The lowest BCUT2D eigenvalue weighted by Gasteiger charge is -2.20. The molecule has 3 nitrogen and oxygen atoms in total. The molecule has 3 aromatic carbocycles. The van der Waals surface area contributed by atoms with E-state index < -0.39 is 17.8 Å². The van der Waals surface area contributed by atoms with Crippen LogP contribution in [-0.2, 0) is 18.6 Å². The zero-order valence-corrected chi connectivity index (χ0v) is 16.6. The molecule has 0 saturated carbocycles. The molecule has 0 spiro atoms. The van der Waals surface area contributed by atoms with Gasteiger partial charge in [-0.05, 0) is 72.6 Å². The highest BCUT2D eigenvalue weighted by atomic mass is 19.3. The SMILES string of the molecule is CCCc1ccc(C(F)(F)Oc2ccc(C(F)(F)Oc3ccc(C#N)cc3)cc2)cc1. The largest absolute Gasteiger partial charge is 0.429 e. The van der Waals surface area contributed by atoms with Crippen molar-refractivity contribution in [3.05, 3.63) is 95.1 Å². The van der Waals surface area contributed by atoms with E-state index in [9.17, 15) is 17.6 Å². The van der Waals surface area contributed by atoms with Crippen molar-refractivity contribution in [2.45, 2.75) is 32.0 Å². The van der Waals surface area contributed by atoms with Crippen molar-refractivity contribution in [2.24, 2.45) is 0 Å². The Morgan fingerprint density at radius 1 is 0.710 bits per heavy atom. The first-order chi connectivity index (χ1) is 14.7. The van der Waals surface area contributed by atoms with Crippen molar-refractivity contribution >= 4 is 0 Å². The van der Waals surface area contributed by atoms with E-state index in [0.29, 0.717) is 5.56 Å². The predicted octanol–water partition coefficient (Wildman–Crippen LogP) is 6.77. The predicted molar refractivity (Wildman–Crippen MR) is 107 cm³/mol. The number of nitriles is 1. The highest BCUT2D eigenvalue weighted by Gasteiger charge is 2.36. The molecule has 0 N–H and O–H groups in total. The number of halogens is 4. The van der Waals surface area contributed by atoms with Crippen molar-refractivity contribution < 1.29 is 27.0 Å². The van der Waals surface area contributed by atoms with Crippen LogP contribution in [0, 0.1) is 11.3 Å². The van der Waals surface area contributed by atoms with Gasteiger partial charge in [0, 0.05) is 0 Å². The Labute approximate surface area is 177 Å². The third kappa shape index (κ3) is 5.54. The zero-order chi connectivity index (χ0) is 22.5. The number of hydrogen-bond donors (Lipinski definition) is 0. The summed E-state index contributed by atoms with van der Waals surface area (Å²) in [7, 11) is 0. The van der Waals surface area contributed by atoms with Crippen LogP contribution in [-0.4, -0.2) is 0 Å². The smallest absolute Gasteiger partial charge is 0.426 e. The summed E-state index contributed by atoms with van der Waals surface area (Å²) < 4.78 is 67.1. The van der Waals surface area contributed by atoms with Crippen molar-refractivity contribution in [1.29, 1.82) is 5.26 Å². The van der Waals surface area contributed by atoms with E-state index in [0.717, 1.165) is 42.7 Å². The van der Waals surface area contributed by atoms with Crippen molar-refractivity contribution in [1.82, 2.24) is 0 Å². The van der Waals surface area contributed by atoms with Gasteiger partial charge in [0.15, 0.2) is 0 Å². The van der Waals surface area contributed by atoms with E-state index in [1.807, 2.05) is 13.0 Å². The van der Waals surface area contributed by atoms with Crippen LogP contribution in [0.3, 0.4) is 0 Å². The summed E-state index contributed by atoms with van der Waals surface area (Å²) in [5, 5.41) is 8.75. The van der Waals surface area contributed by atoms with Gasteiger partial charge in [0.05, 0.1) is 22.8 Å². The number of ether oxygens (including phenoxy) is 2. The summed E-state index contributed by atoms with van der Waals surface area (Å²) in [6.07, 6.45) is -5.64. The second-order valence-corrected chi connectivity index (χ2v) is 6.85. The molecule has 0 amide bonds. The number of alkyl halides is 4. The zero-order valence-electron chi connectivity index (χ0n) is 16.6. The van der Waals surface area contributed by atoms with E-state index in [-0.39, 0.29) is 17.1 Å². The third-order valence-electron chi connectivity index (χ3n) is 4.49. The van der Waals surface area contributed by atoms with Crippen LogP contribution in [0.4, 0.5) is 17.6 Å². The van der Waals surface area contributed by atoms with E-state index in [1.165, 1.54) is 36.4 Å². The molecular formula is C24H19F4NO2. The molecule has 0 aliphatic heterocycles. The van der Waals surface area contributed by atoms with Gasteiger partial charge in [-0.2, -0.15) is 22.8 Å². The highest BCUT2D eigenvalue weighted by Crippen LogP contribution is 2.35. The van der Waals surface area contributed by atoms with E-state index in [4.69, 9.17) is 14.7 Å². The van der Waals surface area contributed by atoms with Crippen LogP contribution >= 0.6 is 0 Å². The third-order valence-corrected chi connectivity index (χ3v) is 4.49. The van der Waals surface area contributed by atoms with Crippen molar-refractivity contribution in [2.75, 3.05) is 0 Å². The summed E-state index contributed by atoms with van der Waals surface area (Å²) in [5.41, 5.74) is 0.386. The lowest BCUT2D eigenvalue weighted by molar-refractivity contribution is -0.187. The number of rotatable bonds is 8. The maximum absolute atomic E-state index is 14.4. The van der Waals surface area contributed by atoms with Crippen LogP contribution in [0.2, 0.25) is 0 Å². The van der Waals surface area contributed by atoms with Crippen LogP contribution < -0.4 is 9.47 Å². The van der Waals surface area contributed by atoms with Crippen LogP contribution in [0.15, 0.2) is 72.8 Å². The van der Waals surface area contributed by atoms with Gasteiger partial charge in [-0.25, -0.2) is 0 Å². The quantitative estimate of drug-likeness (QED) is 0.371. The van der Waals surface area contributed by atoms with Gasteiger partial charge in [0.25, 0.3) is 0 Å². The normalized spacial score (nSPS) is 11.6. The second kappa shape index (κ2) is 9.09. The molecule has 7 heteroatoms. The Kier molecular flexibility index (Phi) is 6.50. The molecule has 0 bridgehead atoms. The first-order valence-electron chi connectivity index (χ1n) is 9.57. The molecule has 0 radical (unpaired) electrons. The molecule has 0 atom stereocenters. The molecule has 0 aliphatic rings. The molecule has 3 rings (SSSR count). The highest BCUT2D eigenvalue weighted by molar-refractivity contribution is 5.36. The fourth-order valence-corrected chi connectivity index (χ4v) is 2.88. The number of hydrogen-bond acceptors (Lipinski definition) is 3. The number of nitrogens with zero attached hydrogens (tertiary/aromatic N) is 1. The standard InChI is InChI=1S/C24H19F4NO2/c1-2-3-17-4-8-19(9-5-17)23(25,26)31-22-14-10-20(11-15-22)24(27,28)30-21-12-6-18(16-29)7-13-21/h4-15H,2-3H2,1H3. The molecule has 160 valence electrons.